The molecule has 1 aliphatic rings. The average molecular weight is 333 g/mol. The smallest absolute Gasteiger partial charge is 0.240 e. The second-order valence-electron chi connectivity index (χ2n) is 6.75. The summed E-state index contributed by atoms with van der Waals surface area (Å²) in [6.45, 7) is 9.86. The van der Waals surface area contributed by atoms with Gasteiger partial charge in [-0.15, -0.1) is 0 Å². The van der Waals surface area contributed by atoms with E-state index in [-0.39, 0.29) is 23.8 Å². The lowest BCUT2D eigenvalue weighted by Gasteiger charge is -2.12. The molecule has 0 spiro atoms. The molecule has 2 N–H and O–H groups in total. The Morgan fingerprint density at radius 1 is 1.35 bits per heavy atom. The van der Waals surface area contributed by atoms with Crippen LogP contribution in [0, 0.1) is 13.8 Å². The zero-order valence-electron chi connectivity index (χ0n) is 14.2. The van der Waals surface area contributed by atoms with Crippen molar-refractivity contribution in [2.75, 3.05) is 5.32 Å². The van der Waals surface area contributed by atoms with Crippen molar-refractivity contribution in [3.63, 3.8) is 0 Å². The molecule has 6 heteroatoms. The minimum Gasteiger partial charge on any atom is -0.326 e. The number of aryl methyl sites for hydroxylation is 2. The third-order valence-corrected chi connectivity index (χ3v) is 4.32. The fourth-order valence-corrected chi connectivity index (χ4v) is 3.38. The van der Waals surface area contributed by atoms with Crippen molar-refractivity contribution in [2.24, 2.45) is 4.99 Å². The van der Waals surface area contributed by atoms with Gasteiger partial charge in [-0.25, -0.2) is 0 Å². The fourth-order valence-electron chi connectivity index (χ4n) is 2.22. The lowest BCUT2D eigenvalue weighted by atomic mass is 10.1. The molecule has 2 amide bonds. The molecule has 1 fully saturated rings. The van der Waals surface area contributed by atoms with Gasteiger partial charge >= 0.3 is 0 Å². The van der Waals surface area contributed by atoms with Crippen LogP contribution < -0.4 is 10.6 Å². The van der Waals surface area contributed by atoms with Gasteiger partial charge in [0, 0.05) is 12.1 Å². The first-order chi connectivity index (χ1) is 10.6. The monoisotopic (exact) mass is 333 g/mol. The minimum atomic E-state index is -0.429. The van der Waals surface area contributed by atoms with Crippen molar-refractivity contribution in [1.29, 1.82) is 0 Å². The number of nitrogens with zero attached hydrogens (tertiary/aromatic N) is 1. The highest BCUT2D eigenvalue weighted by Crippen LogP contribution is 2.25. The number of amidine groups is 1. The summed E-state index contributed by atoms with van der Waals surface area (Å²) < 4.78 is 0. The van der Waals surface area contributed by atoms with E-state index in [4.69, 9.17) is 0 Å². The fraction of sp³-hybridized carbons (Fsp3) is 0.471. The number of aliphatic imine (C=N–C) groups is 1. The molecular weight excluding hydrogens is 310 g/mol. The highest BCUT2D eigenvalue weighted by atomic mass is 32.2. The number of carbonyl (C=O) groups excluding carboxylic acids is 2. The summed E-state index contributed by atoms with van der Waals surface area (Å²) in [5.74, 6) is -0.324. The number of hydrogen-bond donors (Lipinski definition) is 2. The quantitative estimate of drug-likeness (QED) is 0.893. The number of anilines is 1. The number of rotatable bonds is 3. The molecule has 0 aromatic heterocycles. The second kappa shape index (κ2) is 6.74. The molecule has 5 nitrogen and oxygen atoms in total. The van der Waals surface area contributed by atoms with Crippen molar-refractivity contribution < 1.29 is 9.59 Å². The maximum atomic E-state index is 12.2. The molecule has 23 heavy (non-hydrogen) atoms. The van der Waals surface area contributed by atoms with Crippen LogP contribution in [0.3, 0.4) is 0 Å². The van der Waals surface area contributed by atoms with E-state index >= 15 is 0 Å². The Morgan fingerprint density at radius 3 is 2.65 bits per heavy atom. The molecule has 0 unspecified atom stereocenters. The maximum Gasteiger partial charge on any atom is 0.240 e. The van der Waals surface area contributed by atoms with E-state index in [1.807, 2.05) is 52.8 Å². The van der Waals surface area contributed by atoms with Gasteiger partial charge in [0.1, 0.15) is 5.25 Å². The van der Waals surface area contributed by atoms with Crippen LogP contribution in [0.4, 0.5) is 5.69 Å². The second-order valence-corrected chi connectivity index (χ2v) is 7.95. The summed E-state index contributed by atoms with van der Waals surface area (Å²) in [6.07, 6.45) is 0.132. The van der Waals surface area contributed by atoms with Crippen LogP contribution >= 0.6 is 11.8 Å². The van der Waals surface area contributed by atoms with Crippen molar-refractivity contribution in [3.8, 4) is 0 Å². The van der Waals surface area contributed by atoms with Crippen LogP contribution in [0.2, 0.25) is 0 Å². The molecule has 2 rings (SSSR count). The summed E-state index contributed by atoms with van der Waals surface area (Å²) >= 11 is 1.32. The molecule has 1 heterocycles. The molecule has 1 atom stereocenters. The first-order valence-corrected chi connectivity index (χ1v) is 8.46. The standard InChI is InChI=1S/C17H23N3O2S/c1-10-6-7-12(11(2)8-10)18-14(21)9-13-15(22)19-16(23-13)20-17(3,4)5/h6-8,13H,9H2,1-5H3,(H,18,21)(H,19,20,22)/t13-/m1/s1. The third-order valence-electron chi connectivity index (χ3n) is 3.24. The summed E-state index contributed by atoms with van der Waals surface area (Å²) in [5, 5.41) is 5.78. The number of hydrogen-bond acceptors (Lipinski definition) is 4. The van der Waals surface area contributed by atoms with Crippen LogP contribution in [0.1, 0.15) is 38.3 Å². The van der Waals surface area contributed by atoms with Gasteiger partial charge in [-0.05, 0) is 46.2 Å². The van der Waals surface area contributed by atoms with E-state index in [0.29, 0.717) is 5.17 Å². The number of benzene rings is 1. The first kappa shape index (κ1) is 17.5. The number of nitrogens with one attached hydrogen (secondary N) is 2. The van der Waals surface area contributed by atoms with E-state index in [0.717, 1.165) is 16.8 Å². The molecule has 1 saturated heterocycles. The van der Waals surface area contributed by atoms with Crippen molar-refractivity contribution in [3.05, 3.63) is 29.3 Å². The molecule has 1 aromatic rings. The Kier molecular flexibility index (Phi) is 5.14. The molecule has 1 aliphatic heterocycles. The van der Waals surface area contributed by atoms with Gasteiger partial charge in [0.05, 0.1) is 5.54 Å². The Morgan fingerprint density at radius 2 is 2.04 bits per heavy atom. The average Bonchev–Trinajstić information content (AvgIpc) is 2.70. The van der Waals surface area contributed by atoms with Gasteiger partial charge in [0.2, 0.25) is 11.8 Å². The maximum absolute atomic E-state index is 12.2. The van der Waals surface area contributed by atoms with Gasteiger partial charge in [0.25, 0.3) is 0 Å². The van der Waals surface area contributed by atoms with Crippen LogP contribution in [0.5, 0.6) is 0 Å². The topological polar surface area (TPSA) is 70.6 Å². The van der Waals surface area contributed by atoms with E-state index in [1.54, 1.807) is 0 Å². The number of carbonyl (C=O) groups is 2. The SMILES string of the molecule is Cc1ccc(NC(=O)C[C@H]2SC(=NC(C)(C)C)NC2=O)c(C)c1. The highest BCUT2D eigenvalue weighted by Gasteiger charge is 2.32. The van der Waals surface area contributed by atoms with Gasteiger partial charge in [-0.3, -0.25) is 14.6 Å². The molecule has 0 radical (unpaired) electrons. The molecule has 1 aromatic carbocycles. The van der Waals surface area contributed by atoms with E-state index in [2.05, 4.69) is 15.6 Å². The third kappa shape index (κ3) is 5.10. The highest BCUT2D eigenvalue weighted by molar-refractivity contribution is 8.15. The predicted molar refractivity (Wildman–Crippen MR) is 95.9 cm³/mol. The summed E-state index contributed by atoms with van der Waals surface area (Å²) in [7, 11) is 0. The van der Waals surface area contributed by atoms with Gasteiger partial charge in [0.15, 0.2) is 5.17 Å². The Labute approximate surface area is 141 Å². The lowest BCUT2D eigenvalue weighted by Crippen LogP contribution is -2.29. The minimum absolute atomic E-state index is 0.132. The normalized spacial score (nSPS) is 19.8. The van der Waals surface area contributed by atoms with Gasteiger partial charge < -0.3 is 10.6 Å². The molecule has 0 aliphatic carbocycles. The summed E-state index contributed by atoms with van der Waals surface area (Å²) in [6, 6.07) is 5.85. The number of amides is 2. The predicted octanol–water partition coefficient (Wildman–Crippen LogP) is 3.02. The number of thioether (sulfide) groups is 1. The summed E-state index contributed by atoms with van der Waals surface area (Å²) in [5.41, 5.74) is 2.69. The lowest BCUT2D eigenvalue weighted by molar-refractivity contribution is -0.122. The van der Waals surface area contributed by atoms with Crippen LogP contribution in [-0.2, 0) is 9.59 Å². The van der Waals surface area contributed by atoms with Crippen LogP contribution in [0.25, 0.3) is 0 Å². The zero-order chi connectivity index (χ0) is 17.2. The van der Waals surface area contributed by atoms with Crippen molar-refractivity contribution >= 4 is 34.4 Å². The molecule has 0 saturated carbocycles. The van der Waals surface area contributed by atoms with Gasteiger partial charge in [-0.2, -0.15) is 0 Å². The van der Waals surface area contributed by atoms with Crippen molar-refractivity contribution in [1.82, 2.24) is 5.32 Å². The Balaban J connectivity index is 1.98. The first-order valence-electron chi connectivity index (χ1n) is 7.58. The van der Waals surface area contributed by atoms with Crippen molar-refractivity contribution in [2.45, 2.75) is 51.8 Å². The molecule has 0 bridgehead atoms. The van der Waals surface area contributed by atoms with Crippen LogP contribution in [0.15, 0.2) is 23.2 Å². The van der Waals surface area contributed by atoms with E-state index in [9.17, 15) is 9.59 Å². The van der Waals surface area contributed by atoms with E-state index < -0.39 is 5.25 Å². The molecular formula is C17H23N3O2S. The summed E-state index contributed by atoms with van der Waals surface area (Å²) in [4.78, 5) is 28.6. The Bertz CT molecular complexity index is 662. The van der Waals surface area contributed by atoms with Gasteiger partial charge in [-0.1, -0.05) is 29.5 Å². The Hall–Kier alpha value is -1.82. The zero-order valence-corrected chi connectivity index (χ0v) is 15.0. The van der Waals surface area contributed by atoms with E-state index in [1.165, 1.54) is 11.8 Å². The largest absolute Gasteiger partial charge is 0.326 e. The molecule has 124 valence electrons. The van der Waals surface area contributed by atoms with Crippen LogP contribution in [-0.4, -0.2) is 27.8 Å².